The zero-order valence-electron chi connectivity index (χ0n) is 15.7. The van der Waals surface area contributed by atoms with Gasteiger partial charge in [-0.1, -0.05) is 53.7 Å². The maximum Gasteiger partial charge on any atom is 0.268 e. The molecule has 0 bridgehead atoms. The number of nitrogens with one attached hydrogen (secondary N) is 1. The Morgan fingerprint density at radius 1 is 1.14 bits per heavy atom. The normalized spacial score (nSPS) is 17.3. The van der Waals surface area contributed by atoms with E-state index in [0.717, 1.165) is 11.3 Å². The van der Waals surface area contributed by atoms with Crippen LogP contribution in [0.15, 0.2) is 70.3 Å². The van der Waals surface area contributed by atoms with Crippen LogP contribution in [0.3, 0.4) is 0 Å². The second-order valence-electron chi connectivity index (χ2n) is 6.73. The Hall–Kier alpha value is -3.48. The van der Waals surface area contributed by atoms with Crippen LogP contribution in [0, 0.1) is 6.92 Å². The molecule has 0 spiro atoms. The van der Waals surface area contributed by atoms with Crippen molar-refractivity contribution in [3.8, 4) is 0 Å². The first kappa shape index (κ1) is 17.9. The molecule has 2 aromatic carbocycles. The number of nitrogens with zero attached hydrogens (tertiary/aromatic N) is 4. The number of aryl methyl sites for hydroxylation is 1. The Balaban J connectivity index is 1.57. The molecule has 3 aromatic rings. The van der Waals surface area contributed by atoms with Crippen LogP contribution in [-0.2, 0) is 4.79 Å². The highest BCUT2D eigenvalue weighted by atomic mass is 16.5. The molecule has 2 atom stereocenters. The molecule has 1 amide bonds. The molecular formula is C21H21N5O2. The molecule has 1 N–H and O–H groups in total. The van der Waals surface area contributed by atoms with Crippen LogP contribution in [0.5, 0.6) is 0 Å². The SMILES string of the molecule is Cc1noc([C@H](C)NC(=O)C2=NN(c3ccccc3)[C@H](c3ccccc3)C2)n1. The van der Waals surface area contributed by atoms with Gasteiger partial charge in [-0.05, 0) is 31.5 Å². The number of carbonyl (C=O) groups is 1. The Labute approximate surface area is 163 Å². The topological polar surface area (TPSA) is 83.6 Å². The van der Waals surface area contributed by atoms with Crippen LogP contribution in [0.4, 0.5) is 5.69 Å². The lowest BCUT2D eigenvalue weighted by atomic mass is 10.0. The Morgan fingerprint density at radius 3 is 2.46 bits per heavy atom. The largest absolute Gasteiger partial charge is 0.339 e. The van der Waals surface area contributed by atoms with Crippen LogP contribution < -0.4 is 10.3 Å². The second-order valence-corrected chi connectivity index (χ2v) is 6.73. The number of para-hydroxylation sites is 1. The standard InChI is InChI=1S/C21H21N5O2/c1-14(21-23-15(2)25-28-21)22-20(27)18-13-19(16-9-5-3-6-10-16)26(24-18)17-11-7-4-8-12-17/h3-12,14,19H,13H2,1-2H3,(H,22,27)/t14-,19-/m0/s1. The van der Waals surface area contributed by atoms with Crippen LogP contribution >= 0.6 is 0 Å². The molecule has 1 aliphatic rings. The Bertz CT molecular complexity index is 984. The Kier molecular flexibility index (Phi) is 4.89. The summed E-state index contributed by atoms with van der Waals surface area (Å²) in [6.07, 6.45) is 0.514. The van der Waals surface area contributed by atoms with E-state index < -0.39 is 6.04 Å². The quantitative estimate of drug-likeness (QED) is 0.737. The highest BCUT2D eigenvalue weighted by Crippen LogP contribution is 2.35. The summed E-state index contributed by atoms with van der Waals surface area (Å²) in [5.74, 6) is 0.681. The molecule has 0 unspecified atom stereocenters. The number of benzene rings is 2. The summed E-state index contributed by atoms with van der Waals surface area (Å²) in [5.41, 5.74) is 2.53. The van der Waals surface area contributed by atoms with E-state index in [-0.39, 0.29) is 11.9 Å². The molecule has 142 valence electrons. The fourth-order valence-corrected chi connectivity index (χ4v) is 3.23. The van der Waals surface area contributed by atoms with Crippen molar-refractivity contribution >= 4 is 17.3 Å². The molecule has 4 rings (SSSR count). The maximum atomic E-state index is 12.8. The monoisotopic (exact) mass is 375 g/mol. The molecule has 1 aromatic heterocycles. The summed E-state index contributed by atoms with van der Waals surface area (Å²) < 4.78 is 5.14. The molecule has 28 heavy (non-hydrogen) atoms. The lowest BCUT2D eigenvalue weighted by Gasteiger charge is -2.23. The summed E-state index contributed by atoms with van der Waals surface area (Å²) in [4.78, 5) is 17.0. The zero-order valence-corrected chi connectivity index (χ0v) is 15.7. The smallest absolute Gasteiger partial charge is 0.268 e. The first-order valence-corrected chi connectivity index (χ1v) is 9.19. The van der Waals surface area contributed by atoms with E-state index in [1.165, 1.54) is 0 Å². The van der Waals surface area contributed by atoms with Gasteiger partial charge in [-0.25, -0.2) is 0 Å². The first-order valence-electron chi connectivity index (χ1n) is 9.19. The average Bonchev–Trinajstić information content (AvgIpc) is 3.36. The van der Waals surface area contributed by atoms with Gasteiger partial charge in [-0.3, -0.25) is 9.80 Å². The molecule has 2 heterocycles. The van der Waals surface area contributed by atoms with Crippen molar-refractivity contribution in [3.05, 3.63) is 77.9 Å². The summed E-state index contributed by atoms with van der Waals surface area (Å²) in [6, 6.07) is 19.5. The van der Waals surface area contributed by atoms with Gasteiger partial charge in [0, 0.05) is 6.42 Å². The minimum absolute atomic E-state index is 0.0368. The number of anilines is 1. The fourth-order valence-electron chi connectivity index (χ4n) is 3.23. The third kappa shape index (κ3) is 3.64. The van der Waals surface area contributed by atoms with Crippen LogP contribution in [0.2, 0.25) is 0 Å². The maximum absolute atomic E-state index is 12.8. The van der Waals surface area contributed by atoms with Gasteiger partial charge < -0.3 is 9.84 Å². The number of hydrogen-bond acceptors (Lipinski definition) is 6. The Morgan fingerprint density at radius 2 is 1.82 bits per heavy atom. The van der Waals surface area contributed by atoms with Gasteiger partial charge in [0.2, 0.25) is 5.89 Å². The molecule has 1 aliphatic heterocycles. The fraction of sp³-hybridized carbons (Fsp3) is 0.238. The lowest BCUT2D eigenvalue weighted by molar-refractivity contribution is -0.115. The van der Waals surface area contributed by atoms with Crippen molar-refractivity contribution in [1.29, 1.82) is 0 Å². The number of hydrazone groups is 1. The van der Waals surface area contributed by atoms with E-state index >= 15 is 0 Å². The predicted molar refractivity (Wildman–Crippen MR) is 106 cm³/mol. The number of aromatic nitrogens is 2. The third-order valence-electron chi connectivity index (χ3n) is 4.64. The first-order chi connectivity index (χ1) is 13.6. The van der Waals surface area contributed by atoms with Gasteiger partial charge in [-0.2, -0.15) is 10.1 Å². The molecule has 0 radical (unpaired) electrons. The van der Waals surface area contributed by atoms with Gasteiger partial charge in [0.1, 0.15) is 11.8 Å². The minimum Gasteiger partial charge on any atom is -0.339 e. The van der Waals surface area contributed by atoms with Gasteiger partial charge in [-0.15, -0.1) is 0 Å². The highest BCUT2D eigenvalue weighted by molar-refractivity contribution is 6.39. The molecule has 0 aliphatic carbocycles. The number of hydrogen-bond donors (Lipinski definition) is 1. The summed E-state index contributed by atoms with van der Waals surface area (Å²) in [7, 11) is 0. The second kappa shape index (κ2) is 7.64. The van der Waals surface area contributed by atoms with Gasteiger partial charge in [0.05, 0.1) is 11.7 Å². The summed E-state index contributed by atoms with van der Waals surface area (Å²) in [6.45, 7) is 3.55. The number of rotatable bonds is 5. The van der Waals surface area contributed by atoms with E-state index in [9.17, 15) is 4.79 Å². The van der Waals surface area contributed by atoms with Crippen molar-refractivity contribution in [2.45, 2.75) is 32.4 Å². The van der Waals surface area contributed by atoms with E-state index in [1.54, 1.807) is 6.92 Å². The van der Waals surface area contributed by atoms with E-state index in [2.05, 4.69) is 32.7 Å². The number of amides is 1. The van der Waals surface area contributed by atoms with Crippen LogP contribution in [0.25, 0.3) is 0 Å². The molecule has 0 saturated heterocycles. The van der Waals surface area contributed by atoms with Gasteiger partial charge in [0.25, 0.3) is 5.91 Å². The van der Waals surface area contributed by atoms with Crippen molar-refractivity contribution in [1.82, 2.24) is 15.5 Å². The minimum atomic E-state index is -0.391. The molecular weight excluding hydrogens is 354 g/mol. The van der Waals surface area contributed by atoms with Crippen molar-refractivity contribution in [2.75, 3.05) is 5.01 Å². The van der Waals surface area contributed by atoms with Crippen molar-refractivity contribution in [3.63, 3.8) is 0 Å². The predicted octanol–water partition coefficient (Wildman–Crippen LogP) is 3.56. The van der Waals surface area contributed by atoms with E-state index in [0.29, 0.717) is 23.8 Å². The van der Waals surface area contributed by atoms with E-state index in [4.69, 9.17) is 4.52 Å². The van der Waals surface area contributed by atoms with Crippen molar-refractivity contribution in [2.24, 2.45) is 5.10 Å². The third-order valence-corrected chi connectivity index (χ3v) is 4.64. The molecule has 0 saturated carbocycles. The summed E-state index contributed by atoms with van der Waals surface area (Å²) in [5, 5.41) is 13.2. The summed E-state index contributed by atoms with van der Waals surface area (Å²) >= 11 is 0. The zero-order chi connectivity index (χ0) is 19.5. The van der Waals surface area contributed by atoms with E-state index in [1.807, 2.05) is 60.5 Å². The van der Waals surface area contributed by atoms with Gasteiger partial charge in [0.15, 0.2) is 5.82 Å². The highest BCUT2D eigenvalue weighted by Gasteiger charge is 2.33. The molecule has 7 heteroatoms. The van der Waals surface area contributed by atoms with Crippen molar-refractivity contribution < 1.29 is 9.32 Å². The van der Waals surface area contributed by atoms with Gasteiger partial charge >= 0.3 is 0 Å². The molecule has 0 fully saturated rings. The lowest BCUT2D eigenvalue weighted by Crippen LogP contribution is -2.32. The average molecular weight is 375 g/mol. The van der Waals surface area contributed by atoms with Crippen LogP contribution in [0.1, 0.15) is 42.7 Å². The van der Waals surface area contributed by atoms with Crippen LogP contribution in [-0.4, -0.2) is 21.8 Å². The number of carbonyl (C=O) groups excluding carboxylic acids is 1. The molecule has 7 nitrogen and oxygen atoms in total.